The van der Waals surface area contributed by atoms with Crippen molar-refractivity contribution in [3.8, 4) is 0 Å². The summed E-state index contributed by atoms with van der Waals surface area (Å²) in [5.74, 6) is -3.68. The van der Waals surface area contributed by atoms with Crippen LogP contribution >= 0.6 is 0 Å². The third-order valence-corrected chi connectivity index (χ3v) is 1.50. The highest BCUT2D eigenvalue weighted by atomic mass is 16.5. The minimum absolute atomic E-state index is 1.84. The summed E-state index contributed by atoms with van der Waals surface area (Å²) in [5.41, 5.74) is 0. The molecule has 0 amide bonds. The standard InChI is InChI=1S/C6H10O8/c7-1(3(9)5(11)12)2(8)4(10)6(13)14/h1-4,7-10H,(H,11,12)(H,13,14)/t1-,2+,3-,4-/m1/s1/i3+1. The average Bonchev–Trinajstić information content (AvgIpc) is 2.12. The molecule has 0 heterocycles. The maximum Gasteiger partial charge on any atom is 0.335 e. The predicted molar refractivity (Wildman–Crippen MR) is 39.3 cm³/mol. The van der Waals surface area contributed by atoms with E-state index in [0.717, 1.165) is 0 Å². The van der Waals surface area contributed by atoms with Crippen molar-refractivity contribution in [3.05, 3.63) is 0 Å². The van der Waals surface area contributed by atoms with Crippen molar-refractivity contribution in [2.45, 2.75) is 24.4 Å². The summed E-state index contributed by atoms with van der Waals surface area (Å²) in [6, 6.07) is 0. The Bertz CT molecular complexity index is 202. The number of carboxylic acids is 2. The molecule has 0 aliphatic heterocycles. The van der Waals surface area contributed by atoms with E-state index in [1.807, 2.05) is 0 Å². The van der Waals surface area contributed by atoms with Crippen LogP contribution in [0.3, 0.4) is 0 Å². The zero-order chi connectivity index (χ0) is 11.5. The fraction of sp³-hybridized carbons (Fsp3) is 0.667. The summed E-state index contributed by atoms with van der Waals surface area (Å²) in [6.45, 7) is 0. The lowest BCUT2D eigenvalue weighted by molar-refractivity contribution is -0.172. The highest BCUT2D eigenvalue weighted by Crippen LogP contribution is 2.05. The monoisotopic (exact) mass is 211 g/mol. The molecule has 14 heavy (non-hydrogen) atoms. The maximum atomic E-state index is 10.1. The first-order valence-electron chi connectivity index (χ1n) is 3.47. The van der Waals surface area contributed by atoms with Gasteiger partial charge in [-0.25, -0.2) is 9.59 Å². The summed E-state index contributed by atoms with van der Waals surface area (Å²) >= 11 is 0. The van der Waals surface area contributed by atoms with Crippen LogP contribution in [0.2, 0.25) is 0 Å². The molecule has 0 aromatic carbocycles. The van der Waals surface area contributed by atoms with Crippen LogP contribution in [0.15, 0.2) is 0 Å². The summed E-state index contributed by atoms with van der Waals surface area (Å²) in [5, 5.41) is 51.5. The molecule has 0 aromatic rings. The molecule has 82 valence electrons. The topological polar surface area (TPSA) is 156 Å². The molecular formula is C6H10O8. The first-order chi connectivity index (χ1) is 6.29. The Morgan fingerprint density at radius 3 is 1.07 bits per heavy atom. The molecule has 0 unspecified atom stereocenters. The number of aliphatic hydroxyl groups is 4. The van der Waals surface area contributed by atoms with Gasteiger partial charge < -0.3 is 30.6 Å². The third-order valence-electron chi connectivity index (χ3n) is 1.50. The molecular weight excluding hydrogens is 201 g/mol. The van der Waals surface area contributed by atoms with Crippen molar-refractivity contribution in [2.75, 3.05) is 0 Å². The van der Waals surface area contributed by atoms with E-state index in [2.05, 4.69) is 0 Å². The van der Waals surface area contributed by atoms with Crippen molar-refractivity contribution < 1.29 is 40.2 Å². The smallest absolute Gasteiger partial charge is 0.335 e. The van der Waals surface area contributed by atoms with Gasteiger partial charge in [-0.2, -0.15) is 0 Å². The van der Waals surface area contributed by atoms with Gasteiger partial charge in [-0.3, -0.25) is 0 Å². The fourth-order valence-corrected chi connectivity index (χ4v) is 0.666. The molecule has 0 spiro atoms. The highest BCUT2D eigenvalue weighted by molar-refractivity contribution is 5.75. The zero-order valence-corrected chi connectivity index (χ0v) is 6.81. The zero-order valence-electron chi connectivity index (χ0n) is 6.81. The van der Waals surface area contributed by atoms with Gasteiger partial charge in [0.25, 0.3) is 0 Å². The Kier molecular flexibility index (Phi) is 4.44. The van der Waals surface area contributed by atoms with Crippen molar-refractivity contribution in [3.63, 3.8) is 0 Å². The van der Waals surface area contributed by atoms with Gasteiger partial charge >= 0.3 is 11.9 Å². The average molecular weight is 211 g/mol. The molecule has 0 rings (SSSR count). The van der Waals surface area contributed by atoms with E-state index >= 15 is 0 Å². The molecule has 0 radical (unpaired) electrons. The van der Waals surface area contributed by atoms with E-state index in [4.69, 9.17) is 30.6 Å². The normalized spacial score (nSPS) is 19.4. The molecule has 0 aliphatic carbocycles. The quantitative estimate of drug-likeness (QED) is 0.257. The second-order valence-corrected chi connectivity index (χ2v) is 2.55. The van der Waals surface area contributed by atoms with E-state index in [0.29, 0.717) is 0 Å². The van der Waals surface area contributed by atoms with Crippen LogP contribution in [-0.2, 0) is 9.59 Å². The van der Waals surface area contributed by atoms with Crippen LogP contribution in [0.25, 0.3) is 0 Å². The molecule has 8 nitrogen and oxygen atoms in total. The molecule has 0 saturated heterocycles. The van der Waals surface area contributed by atoms with E-state index in [-0.39, 0.29) is 0 Å². The SMILES string of the molecule is O=C(O)[C@H](O)[C@@H](O)[C@@H](O)[13C@@H](O)C(=O)O. The third kappa shape index (κ3) is 2.92. The van der Waals surface area contributed by atoms with Gasteiger partial charge in [-0.15, -0.1) is 0 Å². The van der Waals surface area contributed by atoms with Gasteiger partial charge in [0.2, 0.25) is 0 Å². The molecule has 0 saturated carbocycles. The van der Waals surface area contributed by atoms with Gasteiger partial charge in [-0.1, -0.05) is 0 Å². The van der Waals surface area contributed by atoms with E-state index in [9.17, 15) is 9.59 Å². The number of hydrogen-bond acceptors (Lipinski definition) is 6. The van der Waals surface area contributed by atoms with Crippen LogP contribution in [0.5, 0.6) is 0 Å². The van der Waals surface area contributed by atoms with Crippen molar-refractivity contribution in [1.82, 2.24) is 0 Å². The number of carboxylic acid groups (broad SMARTS) is 2. The first-order valence-corrected chi connectivity index (χ1v) is 3.47. The van der Waals surface area contributed by atoms with E-state index in [1.54, 1.807) is 0 Å². The van der Waals surface area contributed by atoms with Gasteiger partial charge in [0.05, 0.1) is 0 Å². The molecule has 8 heteroatoms. The Balaban J connectivity index is 4.45. The maximum absolute atomic E-state index is 10.1. The fourth-order valence-electron chi connectivity index (χ4n) is 0.666. The second-order valence-electron chi connectivity index (χ2n) is 2.55. The van der Waals surface area contributed by atoms with Crippen molar-refractivity contribution >= 4 is 11.9 Å². The summed E-state index contributed by atoms with van der Waals surface area (Å²) in [4.78, 5) is 20.2. The Hall–Kier alpha value is -1.22. The predicted octanol–water partition coefficient (Wildman–Crippen LogP) is -3.40. The van der Waals surface area contributed by atoms with Gasteiger partial charge in [-0.05, 0) is 0 Å². The Morgan fingerprint density at radius 2 is 0.929 bits per heavy atom. The summed E-state index contributed by atoms with van der Waals surface area (Å²) in [6.07, 6.45) is -9.28. The Labute approximate surface area is 77.7 Å². The lowest BCUT2D eigenvalue weighted by atomic mass is 10.1. The van der Waals surface area contributed by atoms with Crippen LogP contribution in [0.4, 0.5) is 0 Å². The van der Waals surface area contributed by atoms with Crippen LogP contribution in [-0.4, -0.2) is 67.0 Å². The number of aliphatic hydroxyl groups excluding tert-OH is 4. The number of hydrogen-bond donors (Lipinski definition) is 6. The van der Waals surface area contributed by atoms with Gasteiger partial charge in [0.1, 0.15) is 12.2 Å². The lowest BCUT2D eigenvalue weighted by Crippen LogP contribution is -2.49. The van der Waals surface area contributed by atoms with Crippen LogP contribution in [0, 0.1) is 0 Å². The molecule has 0 aromatic heterocycles. The summed E-state index contributed by atoms with van der Waals surface area (Å²) in [7, 11) is 0. The first kappa shape index (κ1) is 12.8. The van der Waals surface area contributed by atoms with E-state index in [1.165, 1.54) is 0 Å². The number of carbonyl (C=O) groups is 2. The molecule has 0 fully saturated rings. The van der Waals surface area contributed by atoms with Gasteiger partial charge in [0.15, 0.2) is 12.2 Å². The van der Waals surface area contributed by atoms with Crippen LogP contribution < -0.4 is 0 Å². The molecule has 4 atom stereocenters. The largest absolute Gasteiger partial charge is 0.479 e. The number of rotatable bonds is 5. The Morgan fingerprint density at radius 1 is 0.714 bits per heavy atom. The molecule has 6 N–H and O–H groups in total. The minimum Gasteiger partial charge on any atom is -0.479 e. The van der Waals surface area contributed by atoms with Crippen LogP contribution in [0.1, 0.15) is 0 Å². The lowest BCUT2D eigenvalue weighted by Gasteiger charge is -2.21. The molecule has 0 bridgehead atoms. The van der Waals surface area contributed by atoms with E-state index < -0.39 is 36.4 Å². The molecule has 0 aliphatic rings. The van der Waals surface area contributed by atoms with Crippen molar-refractivity contribution in [2.24, 2.45) is 0 Å². The minimum atomic E-state index is -2.36. The summed E-state index contributed by atoms with van der Waals surface area (Å²) < 4.78 is 0. The second kappa shape index (κ2) is 4.86. The number of aliphatic carboxylic acids is 2. The van der Waals surface area contributed by atoms with Gasteiger partial charge in [0, 0.05) is 0 Å². The highest BCUT2D eigenvalue weighted by Gasteiger charge is 2.37. The van der Waals surface area contributed by atoms with Crippen molar-refractivity contribution in [1.29, 1.82) is 0 Å².